The highest BCUT2D eigenvalue weighted by molar-refractivity contribution is 7.75. The van der Waals surface area contributed by atoms with Crippen molar-refractivity contribution in [2.24, 2.45) is 7.05 Å². The number of pyridine rings is 2. The van der Waals surface area contributed by atoms with Crippen molar-refractivity contribution in [1.82, 2.24) is 19.9 Å². The van der Waals surface area contributed by atoms with Crippen molar-refractivity contribution in [2.45, 2.75) is 33.7 Å². The summed E-state index contributed by atoms with van der Waals surface area (Å²) in [5.41, 5.74) is 1.98. The zero-order valence-electron chi connectivity index (χ0n) is 21.1. The molecular formula is C25H28FN4O4PS. The van der Waals surface area contributed by atoms with E-state index in [1.165, 1.54) is 17.9 Å². The number of nitrogens with zero attached hydrogens (tertiary/aromatic N) is 2. The summed E-state index contributed by atoms with van der Waals surface area (Å²) >= 11 is 1.03. The molecule has 2 N–H and O–H groups in total. The summed E-state index contributed by atoms with van der Waals surface area (Å²) in [6.45, 7) is 10.3. The third kappa shape index (κ3) is 4.63. The van der Waals surface area contributed by atoms with Crippen molar-refractivity contribution >= 4 is 39.9 Å². The second kappa shape index (κ2) is 9.33. The van der Waals surface area contributed by atoms with Gasteiger partial charge in [-0.3, -0.25) is 14.6 Å². The van der Waals surface area contributed by atoms with Crippen LogP contribution in [0.15, 0.2) is 29.5 Å². The van der Waals surface area contributed by atoms with E-state index in [0.717, 1.165) is 11.3 Å². The number of aromatic amines is 1. The fourth-order valence-corrected chi connectivity index (χ4v) is 6.53. The van der Waals surface area contributed by atoms with Crippen molar-refractivity contribution < 1.29 is 18.5 Å². The van der Waals surface area contributed by atoms with Crippen molar-refractivity contribution in [1.29, 1.82) is 0 Å². The Balaban J connectivity index is 2.02. The first kappa shape index (κ1) is 25.9. The molecule has 36 heavy (non-hydrogen) atoms. The summed E-state index contributed by atoms with van der Waals surface area (Å²) in [4.78, 5) is 33.0. The third-order valence-corrected chi connectivity index (χ3v) is 9.36. The van der Waals surface area contributed by atoms with Gasteiger partial charge < -0.3 is 24.2 Å². The molecule has 0 saturated heterocycles. The number of hydrogen-bond acceptors (Lipinski definition) is 6. The number of aryl methyl sites for hydroxylation is 3. The summed E-state index contributed by atoms with van der Waals surface area (Å²) in [5.74, 6) is -0.693. The topological polar surface area (TPSA) is 106 Å². The van der Waals surface area contributed by atoms with Gasteiger partial charge in [0.15, 0.2) is 11.6 Å². The van der Waals surface area contributed by atoms with Crippen LogP contribution in [0.1, 0.15) is 35.5 Å². The van der Waals surface area contributed by atoms with Crippen molar-refractivity contribution in [3.05, 3.63) is 57.6 Å². The number of halogens is 1. The summed E-state index contributed by atoms with van der Waals surface area (Å²) in [5, 5.41) is 3.24. The summed E-state index contributed by atoms with van der Waals surface area (Å²) < 4.78 is 36.4. The molecule has 8 nitrogen and oxygen atoms in total. The molecule has 0 aromatic carbocycles. The van der Waals surface area contributed by atoms with Crippen LogP contribution in [-0.2, 0) is 11.6 Å². The van der Waals surface area contributed by atoms with E-state index in [9.17, 15) is 14.2 Å². The quantitative estimate of drug-likeness (QED) is 0.344. The second-order valence-electron chi connectivity index (χ2n) is 9.49. The van der Waals surface area contributed by atoms with E-state index >= 15 is 4.39 Å². The van der Waals surface area contributed by atoms with Gasteiger partial charge in [-0.15, -0.1) is 11.3 Å². The number of thiophene rings is 1. The van der Waals surface area contributed by atoms with Gasteiger partial charge in [-0.1, -0.05) is 0 Å². The lowest BCUT2D eigenvalue weighted by Gasteiger charge is -2.13. The number of fused-ring (bicyclic) bond motifs is 1. The Morgan fingerprint density at radius 1 is 1.22 bits per heavy atom. The normalized spacial score (nSPS) is 11.9. The first-order valence-corrected chi connectivity index (χ1v) is 14.7. The molecule has 0 aliphatic heterocycles. The van der Waals surface area contributed by atoms with Gasteiger partial charge in [-0.25, -0.2) is 4.39 Å². The van der Waals surface area contributed by atoms with Crippen LogP contribution in [0, 0.1) is 19.7 Å². The van der Waals surface area contributed by atoms with Gasteiger partial charge in [0, 0.05) is 53.8 Å². The Morgan fingerprint density at radius 2 is 1.86 bits per heavy atom. The number of ether oxygens (including phenoxy) is 1. The van der Waals surface area contributed by atoms with Crippen LogP contribution in [0.25, 0.3) is 21.3 Å². The molecule has 0 bridgehead atoms. The molecular weight excluding hydrogens is 502 g/mol. The Labute approximate surface area is 211 Å². The number of nitrogens with one attached hydrogen (secondary N) is 2. The van der Waals surface area contributed by atoms with Crippen LogP contribution in [0.4, 0.5) is 4.39 Å². The number of carbonyl (C=O) groups is 1. The summed E-state index contributed by atoms with van der Waals surface area (Å²) in [7, 11) is -1.43. The summed E-state index contributed by atoms with van der Waals surface area (Å²) in [6, 6.07) is 1.47. The molecule has 0 aliphatic carbocycles. The van der Waals surface area contributed by atoms with Crippen LogP contribution in [-0.4, -0.2) is 39.8 Å². The zero-order chi connectivity index (χ0) is 26.5. The standard InChI is InChI=1S/C25H28FN4O4PS/c1-12(2)28-23(31)17-8-15-16(11-30(5)24(32)19(15)29-17)22-21(18(26)25(36-22)35(6,7)33)34-20-13(3)9-27-10-14(20)4/h8-12,29H,1-7H3,(H,28,31). The first-order chi connectivity index (χ1) is 16.8. The lowest BCUT2D eigenvalue weighted by molar-refractivity contribution is 0.0939. The Kier molecular flexibility index (Phi) is 6.70. The molecule has 0 saturated carbocycles. The van der Waals surface area contributed by atoms with Crippen molar-refractivity contribution in [3.63, 3.8) is 0 Å². The molecule has 4 aromatic heterocycles. The predicted molar refractivity (Wildman–Crippen MR) is 142 cm³/mol. The van der Waals surface area contributed by atoms with Crippen LogP contribution in [0.3, 0.4) is 0 Å². The molecule has 190 valence electrons. The highest BCUT2D eigenvalue weighted by Gasteiger charge is 2.30. The minimum Gasteiger partial charge on any atom is -0.452 e. The number of carbonyl (C=O) groups excluding carboxylic acids is 1. The molecule has 4 aromatic rings. The molecule has 0 aliphatic rings. The van der Waals surface area contributed by atoms with Crippen LogP contribution in [0.5, 0.6) is 11.5 Å². The molecule has 0 fully saturated rings. The fourth-order valence-electron chi connectivity index (χ4n) is 3.93. The zero-order valence-corrected chi connectivity index (χ0v) is 22.9. The van der Waals surface area contributed by atoms with Gasteiger partial charge >= 0.3 is 0 Å². The van der Waals surface area contributed by atoms with Crippen molar-refractivity contribution in [2.75, 3.05) is 13.3 Å². The third-order valence-electron chi connectivity index (χ3n) is 5.61. The molecule has 0 spiro atoms. The maximum absolute atomic E-state index is 15.8. The number of H-pyrrole nitrogens is 1. The lowest BCUT2D eigenvalue weighted by Crippen LogP contribution is -2.30. The average molecular weight is 531 g/mol. The molecule has 11 heteroatoms. The number of aromatic nitrogens is 3. The maximum atomic E-state index is 15.8. The van der Waals surface area contributed by atoms with Gasteiger partial charge in [-0.05, 0) is 47.1 Å². The van der Waals surface area contributed by atoms with Crippen LogP contribution < -0.4 is 20.2 Å². The van der Waals surface area contributed by atoms with Crippen molar-refractivity contribution in [3.8, 4) is 21.9 Å². The predicted octanol–water partition coefficient (Wildman–Crippen LogP) is 4.92. The maximum Gasteiger partial charge on any atom is 0.274 e. The minimum absolute atomic E-state index is 0.0781. The largest absolute Gasteiger partial charge is 0.452 e. The van der Waals surface area contributed by atoms with E-state index < -0.39 is 13.0 Å². The molecule has 4 heterocycles. The SMILES string of the molecule is Cc1cncc(C)c1Oc1c(-c2cn(C)c(=O)c3[nH]c(C(=O)NC(C)C)cc23)sc(P(C)(C)=O)c1F. The fraction of sp³-hybridized carbons (Fsp3) is 0.320. The van der Waals surface area contributed by atoms with E-state index in [-0.39, 0.29) is 39.1 Å². The van der Waals surface area contributed by atoms with Gasteiger partial charge in [0.05, 0.1) is 4.88 Å². The lowest BCUT2D eigenvalue weighted by atomic mass is 10.1. The average Bonchev–Trinajstić information content (AvgIpc) is 3.35. The van der Waals surface area contributed by atoms with E-state index in [1.807, 2.05) is 13.8 Å². The molecule has 0 radical (unpaired) electrons. The molecule has 0 unspecified atom stereocenters. The Hall–Kier alpha value is -3.23. The number of amides is 1. The smallest absolute Gasteiger partial charge is 0.274 e. The Morgan fingerprint density at radius 3 is 2.44 bits per heavy atom. The van der Waals surface area contributed by atoms with Crippen LogP contribution in [0.2, 0.25) is 0 Å². The van der Waals surface area contributed by atoms with Crippen LogP contribution >= 0.6 is 18.5 Å². The van der Waals surface area contributed by atoms with Gasteiger partial charge in [0.25, 0.3) is 11.5 Å². The minimum atomic E-state index is -3.01. The Bertz CT molecular complexity index is 1590. The molecule has 1 amide bonds. The van der Waals surface area contributed by atoms with E-state index in [0.29, 0.717) is 32.7 Å². The monoisotopic (exact) mass is 530 g/mol. The number of rotatable bonds is 6. The highest BCUT2D eigenvalue weighted by atomic mass is 32.1. The van der Waals surface area contributed by atoms with E-state index in [4.69, 9.17) is 4.74 Å². The first-order valence-electron chi connectivity index (χ1n) is 11.3. The summed E-state index contributed by atoms with van der Waals surface area (Å²) in [6.07, 6.45) is 4.81. The molecule has 0 atom stereocenters. The van der Waals surface area contributed by atoms with E-state index in [2.05, 4.69) is 15.3 Å². The van der Waals surface area contributed by atoms with E-state index in [1.54, 1.807) is 45.6 Å². The second-order valence-corrected chi connectivity index (χ2v) is 14.0. The highest BCUT2D eigenvalue weighted by Crippen LogP contribution is 2.49. The number of hydrogen-bond donors (Lipinski definition) is 2. The van der Waals surface area contributed by atoms with Gasteiger partial charge in [0.1, 0.15) is 28.7 Å². The van der Waals surface area contributed by atoms with Gasteiger partial charge in [0.2, 0.25) is 0 Å². The van der Waals surface area contributed by atoms with Gasteiger partial charge in [-0.2, -0.15) is 0 Å². The molecule has 4 rings (SSSR count).